The molecule has 0 radical (unpaired) electrons. The Balaban J connectivity index is 2.46. The standard InChI is InChI=1S/C7H7N5/c8-6-5-7-11-3(9-5)1-2-4(10-6)12-7/h1-2H2,(H3,8,9,10,11,12)/i/hD. The van der Waals surface area contributed by atoms with E-state index in [0.29, 0.717) is 11.5 Å². The first-order valence-electron chi connectivity index (χ1n) is 4.30. The second kappa shape index (κ2) is 1.74. The molecule has 3 N–H and O–H groups in total. The summed E-state index contributed by atoms with van der Waals surface area (Å²) in [6.45, 7) is 0. The van der Waals surface area contributed by atoms with Crippen molar-refractivity contribution < 1.29 is 1.41 Å². The molecule has 0 aromatic carbocycles. The minimum atomic E-state index is 0.512. The quantitative estimate of drug-likeness (QED) is 0.620. The number of hydrogen-bond acceptors (Lipinski definition) is 4. The zero-order chi connectivity index (χ0) is 8.84. The largest absolute Gasteiger partial charge is 0.382 e. The van der Waals surface area contributed by atoms with Gasteiger partial charge < -0.3 is 10.7 Å². The van der Waals surface area contributed by atoms with Gasteiger partial charge in [0.2, 0.25) is 0 Å². The third kappa shape index (κ3) is 0.603. The third-order valence-electron chi connectivity index (χ3n) is 2.03. The predicted molar refractivity (Wildman–Crippen MR) is 43.5 cm³/mol. The number of aryl methyl sites for hydroxylation is 2. The van der Waals surface area contributed by atoms with Gasteiger partial charge in [0.15, 0.2) is 12.9 Å². The number of nitrogen functional groups attached to an aromatic ring is 1. The molecule has 12 heavy (non-hydrogen) atoms. The maximum atomic E-state index is 7.07. The summed E-state index contributed by atoms with van der Waals surface area (Å²) in [6, 6.07) is 0. The first-order valence-corrected chi connectivity index (χ1v) is 3.80. The van der Waals surface area contributed by atoms with Crippen LogP contribution in [0.2, 0.25) is 1.41 Å². The van der Waals surface area contributed by atoms with E-state index in [1.807, 2.05) is 0 Å². The van der Waals surface area contributed by atoms with Gasteiger partial charge in [-0.05, 0) is 0 Å². The summed E-state index contributed by atoms with van der Waals surface area (Å²) in [5.41, 5.74) is 3.68. The average molecular weight is 162 g/mol. The highest BCUT2D eigenvalue weighted by molar-refractivity contribution is 5.81. The van der Waals surface area contributed by atoms with Gasteiger partial charge in [-0.25, -0.2) is 15.0 Å². The number of imidazole rings is 1. The predicted octanol–water partition coefficient (Wildman–Crippen LogP) is 0.0337. The summed E-state index contributed by atoms with van der Waals surface area (Å²) in [5.74, 6) is 2.19. The lowest BCUT2D eigenvalue weighted by Crippen LogP contribution is -2.03. The van der Waals surface area contributed by atoms with Crippen LogP contribution in [0.3, 0.4) is 0 Å². The fourth-order valence-electron chi connectivity index (χ4n) is 1.45. The van der Waals surface area contributed by atoms with Crippen molar-refractivity contribution in [3.8, 4) is 0 Å². The monoisotopic (exact) mass is 162 g/mol. The summed E-state index contributed by atoms with van der Waals surface area (Å²) in [7, 11) is 0. The van der Waals surface area contributed by atoms with Gasteiger partial charge in [0, 0.05) is 12.8 Å². The number of anilines is 1. The highest BCUT2D eigenvalue weighted by Crippen LogP contribution is 2.19. The van der Waals surface area contributed by atoms with Crippen LogP contribution in [0.15, 0.2) is 0 Å². The van der Waals surface area contributed by atoms with Gasteiger partial charge in [-0.15, -0.1) is 0 Å². The van der Waals surface area contributed by atoms with Gasteiger partial charge in [0.25, 0.3) is 0 Å². The Labute approximate surface area is 69.5 Å². The van der Waals surface area contributed by atoms with Crippen molar-refractivity contribution in [3.05, 3.63) is 11.6 Å². The number of aromatic nitrogens is 4. The second-order valence-corrected chi connectivity index (χ2v) is 2.87. The number of nitrogens with one attached hydrogen (secondary N) is 1. The molecule has 1 aliphatic rings. The van der Waals surface area contributed by atoms with E-state index in [-0.39, 0.29) is 0 Å². The molecule has 0 saturated carbocycles. The Morgan fingerprint density at radius 3 is 3.25 bits per heavy atom. The van der Waals surface area contributed by atoms with Crippen molar-refractivity contribution in [2.75, 3.05) is 5.73 Å². The molecule has 3 rings (SSSR count). The van der Waals surface area contributed by atoms with Crippen molar-refractivity contribution in [2.24, 2.45) is 0 Å². The maximum absolute atomic E-state index is 7.07. The molecule has 3 bridgehead atoms. The van der Waals surface area contributed by atoms with Crippen LogP contribution in [0.25, 0.3) is 11.2 Å². The molecule has 60 valence electrons. The third-order valence-corrected chi connectivity index (χ3v) is 2.03. The number of nitrogens with two attached hydrogens (primary N) is 1. The summed E-state index contributed by atoms with van der Waals surface area (Å²) in [4.78, 5) is 15.8. The number of nitrogens with zero attached hydrogens (tertiary/aromatic N) is 3. The van der Waals surface area contributed by atoms with E-state index in [1.165, 1.54) is 0 Å². The zero-order valence-corrected chi connectivity index (χ0v) is 6.26. The van der Waals surface area contributed by atoms with Gasteiger partial charge in [-0.1, -0.05) is 0 Å². The van der Waals surface area contributed by atoms with Crippen LogP contribution in [-0.2, 0) is 12.8 Å². The Hall–Kier alpha value is -1.65. The molecule has 5 heteroatoms. The first-order chi connectivity index (χ1) is 6.36. The SMILES string of the molecule is [2H]Nc1nc2nc3nc([nH]c13)CC2. The smallest absolute Gasteiger partial charge is 0.183 e. The van der Waals surface area contributed by atoms with Gasteiger partial charge in [0.05, 0.1) is 0 Å². The molecular formula is C7H7N5. The van der Waals surface area contributed by atoms with Crippen LogP contribution in [0.1, 0.15) is 11.6 Å². The van der Waals surface area contributed by atoms with Crippen molar-refractivity contribution in [1.29, 1.82) is 0 Å². The Bertz CT molecular complexity index is 477. The lowest BCUT2D eigenvalue weighted by molar-refractivity contribution is 0.841. The summed E-state index contributed by atoms with van der Waals surface area (Å²) < 4.78 is 7.07. The number of H-pyrrole nitrogens is 1. The van der Waals surface area contributed by atoms with Gasteiger partial charge >= 0.3 is 0 Å². The van der Waals surface area contributed by atoms with Crippen LogP contribution in [0.4, 0.5) is 5.82 Å². The lowest BCUT2D eigenvalue weighted by atomic mass is 10.3. The molecular weight excluding hydrogens is 154 g/mol. The normalized spacial score (nSPS) is 15.2. The molecule has 1 aliphatic heterocycles. The van der Waals surface area contributed by atoms with Crippen LogP contribution in [0, 0.1) is 0 Å². The van der Waals surface area contributed by atoms with Gasteiger partial charge in [-0.2, -0.15) is 0 Å². The number of aromatic amines is 1. The molecule has 2 aromatic rings. The van der Waals surface area contributed by atoms with Crippen molar-refractivity contribution >= 4 is 17.0 Å². The fraction of sp³-hybridized carbons (Fsp3) is 0.286. The van der Waals surface area contributed by atoms with Crippen molar-refractivity contribution in [3.63, 3.8) is 0 Å². The maximum Gasteiger partial charge on any atom is 0.183 e. The molecule has 0 aliphatic carbocycles. The molecule has 0 unspecified atom stereocenters. The van der Waals surface area contributed by atoms with E-state index in [2.05, 4.69) is 25.7 Å². The molecule has 3 heterocycles. The van der Waals surface area contributed by atoms with E-state index in [1.54, 1.807) is 0 Å². The van der Waals surface area contributed by atoms with E-state index < -0.39 is 0 Å². The minimum Gasteiger partial charge on any atom is -0.382 e. The number of fused-ring (bicyclic) bond motifs is 2. The summed E-state index contributed by atoms with van der Waals surface area (Å²) in [5, 5.41) is 0. The molecule has 0 atom stereocenters. The Morgan fingerprint density at radius 1 is 1.33 bits per heavy atom. The number of hydrogen-bond donors (Lipinski definition) is 2. The van der Waals surface area contributed by atoms with Crippen LogP contribution in [-0.4, -0.2) is 19.9 Å². The van der Waals surface area contributed by atoms with E-state index in [4.69, 9.17) is 1.41 Å². The van der Waals surface area contributed by atoms with Crippen LogP contribution < -0.4 is 5.73 Å². The fourth-order valence-corrected chi connectivity index (χ4v) is 1.45. The average Bonchev–Trinajstić information content (AvgIpc) is 2.44. The van der Waals surface area contributed by atoms with E-state index in [0.717, 1.165) is 30.0 Å². The highest BCUT2D eigenvalue weighted by atomic mass is 15.1. The van der Waals surface area contributed by atoms with Crippen molar-refractivity contribution in [2.45, 2.75) is 12.8 Å². The molecule has 0 fully saturated rings. The Kier molecular flexibility index (Phi) is 0.737. The second-order valence-electron chi connectivity index (χ2n) is 2.87. The molecule has 0 spiro atoms. The van der Waals surface area contributed by atoms with E-state index >= 15 is 0 Å². The van der Waals surface area contributed by atoms with Crippen molar-refractivity contribution in [1.82, 2.24) is 19.9 Å². The molecule has 5 nitrogen and oxygen atoms in total. The number of rotatable bonds is 1. The topological polar surface area (TPSA) is 80.5 Å². The van der Waals surface area contributed by atoms with Gasteiger partial charge in [-0.3, -0.25) is 0 Å². The highest BCUT2D eigenvalue weighted by Gasteiger charge is 2.14. The summed E-state index contributed by atoms with van der Waals surface area (Å²) >= 11 is 0. The molecule has 0 saturated heterocycles. The van der Waals surface area contributed by atoms with Gasteiger partial charge in [0.1, 0.15) is 17.2 Å². The summed E-state index contributed by atoms with van der Waals surface area (Å²) in [6.07, 6.45) is 1.63. The zero-order valence-electron chi connectivity index (χ0n) is 7.26. The minimum absolute atomic E-state index is 0.512. The van der Waals surface area contributed by atoms with E-state index in [9.17, 15) is 0 Å². The molecule has 0 amide bonds. The molecule has 2 aromatic heterocycles. The first kappa shape index (κ1) is 5.08. The van der Waals surface area contributed by atoms with Crippen LogP contribution >= 0.6 is 0 Å². The van der Waals surface area contributed by atoms with Crippen LogP contribution in [0.5, 0.6) is 0 Å². The Morgan fingerprint density at radius 2 is 2.33 bits per heavy atom. The lowest BCUT2D eigenvalue weighted by Gasteiger charge is -2.01.